The van der Waals surface area contributed by atoms with Gasteiger partial charge in [0, 0.05) is 11.4 Å². The van der Waals surface area contributed by atoms with Crippen LogP contribution < -0.4 is 10.6 Å². The van der Waals surface area contributed by atoms with Crippen LogP contribution in [0.15, 0.2) is 42.5 Å². The van der Waals surface area contributed by atoms with Crippen LogP contribution in [0.4, 0.5) is 11.4 Å². The largest absolute Gasteiger partial charge is 0.508 e. The topological polar surface area (TPSA) is 44.3 Å². The van der Waals surface area contributed by atoms with Crippen LogP contribution in [0.2, 0.25) is 0 Å². The molecule has 0 aromatic heterocycles. The minimum Gasteiger partial charge on any atom is -0.508 e. The minimum atomic E-state index is 0.235. The van der Waals surface area contributed by atoms with Gasteiger partial charge in [0.15, 0.2) is 5.11 Å². The second-order valence-corrected chi connectivity index (χ2v) is 4.85. The first-order valence-corrected chi connectivity index (χ1v) is 6.40. The number of benzene rings is 2. The molecular formula is C15H16N2OS. The lowest BCUT2D eigenvalue weighted by Crippen LogP contribution is -2.19. The summed E-state index contributed by atoms with van der Waals surface area (Å²) in [6.07, 6.45) is 0. The molecule has 3 nitrogen and oxygen atoms in total. The van der Waals surface area contributed by atoms with Crippen molar-refractivity contribution in [1.29, 1.82) is 0 Å². The number of thiocarbonyl (C=S) groups is 1. The quantitative estimate of drug-likeness (QED) is 0.574. The van der Waals surface area contributed by atoms with Crippen LogP contribution in [0.3, 0.4) is 0 Å². The maximum atomic E-state index is 9.22. The lowest BCUT2D eigenvalue weighted by molar-refractivity contribution is 0.475. The Morgan fingerprint density at radius 1 is 1.00 bits per heavy atom. The Bertz CT molecular complexity index is 594. The number of nitrogens with one attached hydrogen (secondary N) is 2. The number of anilines is 2. The first-order valence-electron chi connectivity index (χ1n) is 5.99. The van der Waals surface area contributed by atoms with Crippen molar-refractivity contribution < 1.29 is 5.11 Å². The highest BCUT2D eigenvalue weighted by Crippen LogP contribution is 2.18. The molecule has 0 radical (unpaired) electrons. The third-order valence-corrected chi connectivity index (χ3v) is 2.97. The van der Waals surface area contributed by atoms with Gasteiger partial charge in [-0.15, -0.1) is 0 Å². The van der Waals surface area contributed by atoms with Gasteiger partial charge in [0.2, 0.25) is 0 Å². The number of rotatable bonds is 2. The van der Waals surface area contributed by atoms with Crippen molar-refractivity contribution in [2.24, 2.45) is 0 Å². The molecule has 19 heavy (non-hydrogen) atoms. The first-order chi connectivity index (χ1) is 9.04. The third kappa shape index (κ3) is 3.69. The van der Waals surface area contributed by atoms with E-state index in [1.54, 1.807) is 24.3 Å². The van der Waals surface area contributed by atoms with E-state index in [0.29, 0.717) is 5.11 Å². The van der Waals surface area contributed by atoms with Gasteiger partial charge in [-0.2, -0.15) is 0 Å². The van der Waals surface area contributed by atoms with E-state index in [1.165, 1.54) is 5.56 Å². The van der Waals surface area contributed by atoms with E-state index in [4.69, 9.17) is 12.2 Å². The van der Waals surface area contributed by atoms with Gasteiger partial charge < -0.3 is 15.7 Å². The number of phenolic OH excluding ortho intramolecular Hbond substituents is 1. The molecule has 0 saturated carbocycles. The second kappa shape index (κ2) is 5.71. The molecule has 0 spiro atoms. The summed E-state index contributed by atoms with van der Waals surface area (Å²) in [5.74, 6) is 0.235. The van der Waals surface area contributed by atoms with Gasteiger partial charge in [-0.05, 0) is 67.5 Å². The summed E-state index contributed by atoms with van der Waals surface area (Å²) < 4.78 is 0. The van der Waals surface area contributed by atoms with Gasteiger partial charge in [-0.25, -0.2) is 0 Å². The van der Waals surface area contributed by atoms with Crippen molar-refractivity contribution in [2.45, 2.75) is 13.8 Å². The number of phenols is 1. The first kappa shape index (κ1) is 13.4. The highest BCUT2D eigenvalue weighted by atomic mass is 32.1. The number of aryl methyl sites for hydroxylation is 2. The summed E-state index contributed by atoms with van der Waals surface area (Å²) in [5.41, 5.74) is 4.15. The van der Waals surface area contributed by atoms with E-state index >= 15 is 0 Å². The molecule has 0 fully saturated rings. The van der Waals surface area contributed by atoms with Gasteiger partial charge in [0.1, 0.15) is 5.75 Å². The third-order valence-electron chi connectivity index (χ3n) is 2.77. The highest BCUT2D eigenvalue weighted by Gasteiger charge is 2.02. The molecule has 0 heterocycles. The predicted octanol–water partition coefficient (Wildman–Crippen LogP) is 3.82. The van der Waals surface area contributed by atoms with Crippen LogP contribution in [0, 0.1) is 13.8 Å². The van der Waals surface area contributed by atoms with Gasteiger partial charge in [-0.3, -0.25) is 0 Å². The molecular weight excluding hydrogens is 256 g/mol. The van der Waals surface area contributed by atoms with Crippen LogP contribution in [-0.2, 0) is 0 Å². The summed E-state index contributed by atoms with van der Waals surface area (Å²) >= 11 is 5.27. The van der Waals surface area contributed by atoms with Crippen LogP contribution in [0.5, 0.6) is 5.75 Å². The molecule has 0 atom stereocenters. The number of hydrogen-bond acceptors (Lipinski definition) is 2. The van der Waals surface area contributed by atoms with Gasteiger partial charge >= 0.3 is 0 Å². The fourth-order valence-electron chi connectivity index (χ4n) is 1.70. The Labute approximate surface area is 118 Å². The van der Waals surface area contributed by atoms with Crippen molar-refractivity contribution in [3.8, 4) is 5.75 Å². The number of hydrogen-bond donors (Lipinski definition) is 3. The predicted molar refractivity (Wildman–Crippen MR) is 83.9 cm³/mol. The highest BCUT2D eigenvalue weighted by molar-refractivity contribution is 7.80. The van der Waals surface area contributed by atoms with Crippen molar-refractivity contribution in [3.63, 3.8) is 0 Å². The Morgan fingerprint density at radius 2 is 1.68 bits per heavy atom. The van der Waals surface area contributed by atoms with E-state index in [1.807, 2.05) is 13.8 Å². The van der Waals surface area contributed by atoms with Gasteiger partial charge in [-0.1, -0.05) is 12.1 Å². The zero-order valence-corrected chi connectivity index (χ0v) is 11.7. The Morgan fingerprint density at radius 3 is 2.37 bits per heavy atom. The maximum absolute atomic E-state index is 9.22. The molecule has 0 aliphatic rings. The molecule has 2 rings (SSSR count). The van der Waals surface area contributed by atoms with E-state index < -0.39 is 0 Å². The molecule has 0 aliphatic carbocycles. The van der Waals surface area contributed by atoms with E-state index in [2.05, 4.69) is 28.8 Å². The fourth-order valence-corrected chi connectivity index (χ4v) is 1.93. The molecule has 0 amide bonds. The Hall–Kier alpha value is -2.07. The van der Waals surface area contributed by atoms with E-state index in [9.17, 15) is 5.11 Å². The van der Waals surface area contributed by atoms with Crippen LogP contribution in [0.25, 0.3) is 0 Å². The summed E-state index contributed by atoms with van der Waals surface area (Å²) in [6.45, 7) is 4.08. The monoisotopic (exact) mass is 272 g/mol. The summed E-state index contributed by atoms with van der Waals surface area (Å²) in [5, 5.41) is 16.0. The smallest absolute Gasteiger partial charge is 0.175 e. The zero-order chi connectivity index (χ0) is 13.8. The molecule has 0 unspecified atom stereocenters. The molecule has 2 aromatic rings. The summed E-state index contributed by atoms with van der Waals surface area (Å²) in [4.78, 5) is 0. The molecule has 98 valence electrons. The summed E-state index contributed by atoms with van der Waals surface area (Å²) in [7, 11) is 0. The normalized spacial score (nSPS) is 10.0. The van der Waals surface area contributed by atoms with Crippen molar-refractivity contribution >= 4 is 28.7 Å². The molecule has 2 aromatic carbocycles. The maximum Gasteiger partial charge on any atom is 0.175 e. The standard InChI is InChI=1S/C15H16N2OS/c1-10-3-4-11(2)14(9-10)17-15(19)16-12-5-7-13(18)8-6-12/h3-9,18H,1-2H3,(H2,16,17,19). The molecule has 0 aliphatic heterocycles. The second-order valence-electron chi connectivity index (χ2n) is 4.44. The lowest BCUT2D eigenvalue weighted by atomic mass is 10.1. The average molecular weight is 272 g/mol. The average Bonchev–Trinajstić information content (AvgIpc) is 2.37. The Kier molecular flexibility index (Phi) is 4.02. The fraction of sp³-hybridized carbons (Fsp3) is 0.133. The van der Waals surface area contributed by atoms with Gasteiger partial charge in [0.05, 0.1) is 0 Å². The van der Waals surface area contributed by atoms with E-state index in [0.717, 1.165) is 16.9 Å². The van der Waals surface area contributed by atoms with E-state index in [-0.39, 0.29) is 5.75 Å². The SMILES string of the molecule is Cc1ccc(C)c(NC(=S)Nc2ccc(O)cc2)c1. The molecule has 4 heteroatoms. The Balaban J connectivity index is 2.05. The molecule has 0 saturated heterocycles. The minimum absolute atomic E-state index is 0.235. The van der Waals surface area contributed by atoms with Crippen molar-refractivity contribution in [2.75, 3.05) is 10.6 Å². The zero-order valence-electron chi connectivity index (χ0n) is 10.9. The van der Waals surface area contributed by atoms with Crippen LogP contribution in [0.1, 0.15) is 11.1 Å². The lowest BCUT2D eigenvalue weighted by Gasteiger charge is -2.13. The summed E-state index contributed by atoms with van der Waals surface area (Å²) in [6, 6.07) is 12.9. The van der Waals surface area contributed by atoms with Crippen LogP contribution >= 0.6 is 12.2 Å². The van der Waals surface area contributed by atoms with Crippen LogP contribution in [-0.4, -0.2) is 10.2 Å². The number of aromatic hydroxyl groups is 1. The molecule has 0 bridgehead atoms. The van der Waals surface area contributed by atoms with Crippen molar-refractivity contribution in [1.82, 2.24) is 0 Å². The van der Waals surface area contributed by atoms with Crippen molar-refractivity contribution in [3.05, 3.63) is 53.6 Å². The molecule has 3 N–H and O–H groups in total. The van der Waals surface area contributed by atoms with Gasteiger partial charge in [0.25, 0.3) is 0 Å².